The van der Waals surface area contributed by atoms with Gasteiger partial charge in [0.25, 0.3) is 5.91 Å². The SMILES string of the molecule is CCc1cc(C(=O)N2CCN(C(C)=O)[C@H]3CS(=O)(=O)C[C@H]32)no1. The number of nitrogens with zero attached hydrogens (tertiary/aromatic N) is 3. The Bertz CT molecular complexity index is 741. The van der Waals surface area contributed by atoms with Crippen LogP contribution < -0.4 is 0 Å². The van der Waals surface area contributed by atoms with Crippen molar-refractivity contribution in [1.82, 2.24) is 15.0 Å². The van der Waals surface area contributed by atoms with Crippen LogP contribution in [0.2, 0.25) is 0 Å². The van der Waals surface area contributed by atoms with Gasteiger partial charge in [-0.25, -0.2) is 8.42 Å². The summed E-state index contributed by atoms with van der Waals surface area (Å²) in [6.07, 6.45) is 0.624. The highest BCUT2D eigenvalue weighted by Crippen LogP contribution is 2.28. The molecule has 1 aromatic heterocycles. The van der Waals surface area contributed by atoms with Crippen molar-refractivity contribution < 1.29 is 22.5 Å². The van der Waals surface area contributed by atoms with E-state index in [1.807, 2.05) is 6.92 Å². The van der Waals surface area contributed by atoms with Crippen LogP contribution in [0, 0.1) is 0 Å². The van der Waals surface area contributed by atoms with Crippen LogP contribution in [-0.4, -0.2) is 71.9 Å². The van der Waals surface area contributed by atoms with Gasteiger partial charge in [0.05, 0.1) is 23.6 Å². The number of hydrogen-bond donors (Lipinski definition) is 0. The second-order valence-electron chi connectivity index (χ2n) is 5.95. The van der Waals surface area contributed by atoms with Crippen LogP contribution >= 0.6 is 0 Å². The van der Waals surface area contributed by atoms with Gasteiger partial charge in [-0.2, -0.15) is 0 Å². The minimum absolute atomic E-state index is 0.0972. The summed E-state index contributed by atoms with van der Waals surface area (Å²) in [6, 6.07) is 0.581. The number of carbonyl (C=O) groups is 2. The molecule has 0 unspecified atom stereocenters. The number of aryl methyl sites for hydroxylation is 1. The molecule has 0 radical (unpaired) electrons. The fraction of sp³-hybridized carbons (Fsp3) is 0.643. The number of piperazine rings is 1. The Kier molecular flexibility index (Phi) is 3.91. The Morgan fingerprint density at radius 2 is 1.87 bits per heavy atom. The van der Waals surface area contributed by atoms with Crippen LogP contribution in [0.3, 0.4) is 0 Å². The first-order valence-corrected chi connectivity index (χ1v) is 9.38. The standard InChI is InChI=1S/C14H19N3O5S/c1-3-10-6-11(15-22-10)14(19)17-5-4-16(9(2)18)12-7-23(20,21)8-13(12)17/h6,12-13H,3-5,7-8H2,1-2H3/t12-,13+/m0/s1. The maximum absolute atomic E-state index is 12.7. The number of carbonyl (C=O) groups excluding carboxylic acids is 2. The fourth-order valence-electron chi connectivity index (χ4n) is 3.32. The molecule has 3 heterocycles. The van der Waals surface area contributed by atoms with Crippen molar-refractivity contribution in [2.75, 3.05) is 24.6 Å². The Hall–Kier alpha value is -1.90. The van der Waals surface area contributed by atoms with Gasteiger partial charge in [-0.1, -0.05) is 12.1 Å². The maximum Gasteiger partial charge on any atom is 0.276 e. The highest BCUT2D eigenvalue weighted by atomic mass is 32.2. The van der Waals surface area contributed by atoms with Crippen LogP contribution in [-0.2, 0) is 21.1 Å². The predicted octanol–water partition coefficient (Wildman–Crippen LogP) is -0.293. The van der Waals surface area contributed by atoms with E-state index >= 15 is 0 Å². The quantitative estimate of drug-likeness (QED) is 0.732. The smallest absolute Gasteiger partial charge is 0.276 e. The van der Waals surface area contributed by atoms with E-state index in [4.69, 9.17) is 4.52 Å². The Labute approximate surface area is 134 Å². The lowest BCUT2D eigenvalue weighted by molar-refractivity contribution is -0.133. The number of fused-ring (bicyclic) bond motifs is 1. The molecule has 0 saturated carbocycles. The van der Waals surface area contributed by atoms with Gasteiger partial charge in [0, 0.05) is 32.5 Å². The summed E-state index contributed by atoms with van der Waals surface area (Å²) in [5.41, 5.74) is 0.182. The zero-order valence-electron chi connectivity index (χ0n) is 13.1. The first-order chi connectivity index (χ1) is 10.8. The minimum atomic E-state index is -3.27. The topological polar surface area (TPSA) is 101 Å². The molecular weight excluding hydrogens is 322 g/mol. The van der Waals surface area contributed by atoms with Crippen molar-refractivity contribution in [1.29, 1.82) is 0 Å². The molecule has 23 heavy (non-hydrogen) atoms. The van der Waals surface area contributed by atoms with Gasteiger partial charge < -0.3 is 14.3 Å². The van der Waals surface area contributed by atoms with E-state index in [1.54, 1.807) is 11.0 Å². The second-order valence-corrected chi connectivity index (χ2v) is 8.11. The molecule has 0 aromatic carbocycles. The molecule has 2 saturated heterocycles. The van der Waals surface area contributed by atoms with E-state index in [0.717, 1.165) is 0 Å². The summed E-state index contributed by atoms with van der Waals surface area (Å²) >= 11 is 0. The first-order valence-electron chi connectivity index (χ1n) is 7.56. The Balaban J connectivity index is 1.88. The molecule has 9 heteroatoms. The number of amides is 2. The summed E-state index contributed by atoms with van der Waals surface area (Å²) in [4.78, 5) is 27.5. The zero-order chi connectivity index (χ0) is 16.8. The molecular formula is C14H19N3O5S. The lowest BCUT2D eigenvalue weighted by Gasteiger charge is -2.43. The number of rotatable bonds is 2. The van der Waals surface area contributed by atoms with Crippen molar-refractivity contribution in [2.45, 2.75) is 32.4 Å². The predicted molar refractivity (Wildman–Crippen MR) is 80.5 cm³/mol. The largest absolute Gasteiger partial charge is 0.361 e. The first kappa shape index (κ1) is 16.0. The molecule has 0 N–H and O–H groups in total. The van der Waals surface area contributed by atoms with E-state index in [2.05, 4.69) is 5.16 Å². The maximum atomic E-state index is 12.7. The van der Waals surface area contributed by atoms with E-state index in [1.165, 1.54) is 11.8 Å². The lowest BCUT2D eigenvalue weighted by Crippen LogP contribution is -2.61. The Morgan fingerprint density at radius 1 is 1.26 bits per heavy atom. The van der Waals surface area contributed by atoms with E-state index in [9.17, 15) is 18.0 Å². The molecule has 8 nitrogen and oxygen atoms in total. The third-order valence-electron chi connectivity index (χ3n) is 4.47. The van der Waals surface area contributed by atoms with Gasteiger partial charge in [0.15, 0.2) is 15.5 Å². The van der Waals surface area contributed by atoms with Gasteiger partial charge in [-0.3, -0.25) is 9.59 Å². The van der Waals surface area contributed by atoms with Gasteiger partial charge in [0.2, 0.25) is 5.91 Å². The van der Waals surface area contributed by atoms with Gasteiger partial charge in [-0.05, 0) is 0 Å². The van der Waals surface area contributed by atoms with Crippen LogP contribution in [0.4, 0.5) is 0 Å². The minimum Gasteiger partial charge on any atom is -0.361 e. The molecule has 0 spiro atoms. The molecule has 2 amide bonds. The van der Waals surface area contributed by atoms with Crippen LogP contribution in [0.25, 0.3) is 0 Å². The number of hydrogen-bond acceptors (Lipinski definition) is 6. The van der Waals surface area contributed by atoms with Crippen molar-refractivity contribution in [3.05, 3.63) is 17.5 Å². The lowest BCUT2D eigenvalue weighted by atomic mass is 10.0. The van der Waals surface area contributed by atoms with Crippen LogP contribution in [0.5, 0.6) is 0 Å². The Morgan fingerprint density at radius 3 is 2.43 bits per heavy atom. The molecule has 2 fully saturated rings. The van der Waals surface area contributed by atoms with E-state index in [0.29, 0.717) is 25.3 Å². The summed E-state index contributed by atoms with van der Waals surface area (Å²) in [5.74, 6) is -0.125. The fourth-order valence-corrected chi connectivity index (χ4v) is 5.30. The molecule has 2 aliphatic rings. The summed E-state index contributed by atoms with van der Waals surface area (Å²) in [6.45, 7) is 3.93. The average molecular weight is 341 g/mol. The van der Waals surface area contributed by atoms with Gasteiger partial charge in [-0.15, -0.1) is 0 Å². The molecule has 3 rings (SSSR count). The summed E-state index contributed by atoms with van der Waals surface area (Å²) < 4.78 is 29.1. The normalized spacial score (nSPS) is 26.2. The second kappa shape index (κ2) is 5.63. The molecule has 2 atom stereocenters. The third kappa shape index (κ3) is 2.85. The van der Waals surface area contributed by atoms with Crippen LogP contribution in [0.15, 0.2) is 10.6 Å². The highest BCUT2D eigenvalue weighted by Gasteiger charge is 2.49. The van der Waals surface area contributed by atoms with E-state index < -0.39 is 21.9 Å². The van der Waals surface area contributed by atoms with Crippen molar-refractivity contribution in [3.63, 3.8) is 0 Å². The van der Waals surface area contributed by atoms with Crippen LogP contribution in [0.1, 0.15) is 30.1 Å². The van der Waals surface area contributed by atoms with Gasteiger partial charge in [0.1, 0.15) is 5.76 Å². The van der Waals surface area contributed by atoms with Gasteiger partial charge >= 0.3 is 0 Å². The molecule has 0 bridgehead atoms. The average Bonchev–Trinajstić information content (AvgIpc) is 3.07. The molecule has 1 aromatic rings. The zero-order valence-corrected chi connectivity index (χ0v) is 13.9. The molecule has 0 aliphatic carbocycles. The number of aromatic nitrogens is 1. The van der Waals surface area contributed by atoms with Crippen molar-refractivity contribution in [2.24, 2.45) is 0 Å². The summed E-state index contributed by atoms with van der Waals surface area (Å²) in [5, 5.41) is 3.77. The van der Waals surface area contributed by atoms with Crippen molar-refractivity contribution >= 4 is 21.7 Å². The molecule has 126 valence electrons. The molecule has 2 aliphatic heterocycles. The summed E-state index contributed by atoms with van der Waals surface area (Å²) in [7, 11) is -3.27. The number of sulfone groups is 1. The highest BCUT2D eigenvalue weighted by molar-refractivity contribution is 7.91. The van der Waals surface area contributed by atoms with Crippen molar-refractivity contribution in [3.8, 4) is 0 Å². The third-order valence-corrected chi connectivity index (χ3v) is 6.17. The monoisotopic (exact) mass is 341 g/mol. The van der Waals surface area contributed by atoms with E-state index in [-0.39, 0.29) is 29.0 Å².